The second kappa shape index (κ2) is 4.68. The minimum Gasteiger partial charge on any atom is -0.464 e. The van der Waals surface area contributed by atoms with E-state index in [0.717, 1.165) is 16.5 Å². The molecule has 2 aromatic heterocycles. The molecule has 2 N–H and O–H groups in total. The van der Waals surface area contributed by atoms with Gasteiger partial charge in [0, 0.05) is 18.6 Å². The average molecular weight is 285 g/mol. The van der Waals surface area contributed by atoms with E-state index >= 15 is 0 Å². The minimum atomic E-state index is -0.594. The van der Waals surface area contributed by atoms with E-state index in [-0.39, 0.29) is 0 Å². The molecule has 1 aromatic carbocycles. The van der Waals surface area contributed by atoms with Crippen LogP contribution in [0, 0.1) is 0 Å². The van der Waals surface area contributed by atoms with E-state index in [4.69, 9.17) is 19.4 Å². The zero-order valence-electron chi connectivity index (χ0n) is 11.4. The van der Waals surface area contributed by atoms with Crippen molar-refractivity contribution in [2.45, 2.75) is 18.4 Å². The van der Waals surface area contributed by atoms with E-state index in [0.29, 0.717) is 37.8 Å². The number of fused-ring (bicyclic) bond motifs is 1. The van der Waals surface area contributed by atoms with E-state index < -0.39 is 5.54 Å². The molecule has 0 bridgehead atoms. The van der Waals surface area contributed by atoms with E-state index in [1.165, 1.54) is 0 Å². The largest absolute Gasteiger partial charge is 0.464 e. The smallest absolute Gasteiger partial charge is 0.247 e. The Morgan fingerprint density at radius 3 is 2.81 bits per heavy atom. The second-order valence-corrected chi connectivity index (χ2v) is 5.34. The summed E-state index contributed by atoms with van der Waals surface area (Å²) in [5.74, 6) is 0.970. The second-order valence-electron chi connectivity index (χ2n) is 5.34. The van der Waals surface area contributed by atoms with Crippen LogP contribution >= 0.6 is 0 Å². The number of aromatic nitrogens is 2. The van der Waals surface area contributed by atoms with Crippen molar-refractivity contribution < 1.29 is 13.7 Å². The first-order chi connectivity index (χ1) is 10.3. The van der Waals surface area contributed by atoms with Crippen molar-refractivity contribution in [3.05, 3.63) is 36.4 Å². The predicted octanol–water partition coefficient (Wildman–Crippen LogP) is 2.45. The molecule has 6 heteroatoms. The van der Waals surface area contributed by atoms with Crippen molar-refractivity contribution >= 4 is 11.0 Å². The van der Waals surface area contributed by atoms with Crippen LogP contribution in [0.15, 0.2) is 39.5 Å². The van der Waals surface area contributed by atoms with Crippen molar-refractivity contribution in [2.24, 2.45) is 5.73 Å². The Bertz CT molecular complexity index is 771. The van der Waals surface area contributed by atoms with Gasteiger partial charge >= 0.3 is 0 Å². The van der Waals surface area contributed by atoms with Gasteiger partial charge in [-0.2, -0.15) is 4.98 Å². The highest BCUT2D eigenvalue weighted by atomic mass is 16.5. The molecule has 0 unspecified atom stereocenters. The van der Waals surface area contributed by atoms with Crippen molar-refractivity contribution in [2.75, 3.05) is 13.2 Å². The molecule has 1 aliphatic heterocycles. The molecule has 21 heavy (non-hydrogen) atoms. The Morgan fingerprint density at radius 2 is 1.95 bits per heavy atom. The third-order valence-electron chi connectivity index (χ3n) is 3.96. The molecule has 0 saturated carbocycles. The van der Waals surface area contributed by atoms with Gasteiger partial charge in [0.1, 0.15) is 17.4 Å². The van der Waals surface area contributed by atoms with Crippen LogP contribution in [0.1, 0.15) is 18.7 Å². The molecule has 108 valence electrons. The highest BCUT2D eigenvalue weighted by Crippen LogP contribution is 2.32. The molecule has 6 nitrogen and oxygen atoms in total. The van der Waals surface area contributed by atoms with Crippen LogP contribution in [0.25, 0.3) is 22.4 Å². The SMILES string of the molecule is NC1(c2nc(-c3coc4ccccc34)no2)CCOCC1. The van der Waals surface area contributed by atoms with Crippen LogP contribution in [0.5, 0.6) is 0 Å². The van der Waals surface area contributed by atoms with Gasteiger partial charge in [-0.05, 0) is 18.9 Å². The molecule has 0 atom stereocenters. The maximum Gasteiger partial charge on any atom is 0.247 e. The molecule has 1 aliphatic rings. The highest BCUT2D eigenvalue weighted by molar-refractivity contribution is 5.91. The predicted molar refractivity (Wildman–Crippen MR) is 75.4 cm³/mol. The molecule has 1 fully saturated rings. The van der Waals surface area contributed by atoms with Crippen LogP contribution in [-0.2, 0) is 10.3 Å². The quantitative estimate of drug-likeness (QED) is 0.778. The maximum atomic E-state index is 6.36. The third-order valence-corrected chi connectivity index (χ3v) is 3.96. The van der Waals surface area contributed by atoms with Gasteiger partial charge in [-0.1, -0.05) is 23.4 Å². The number of hydrogen-bond acceptors (Lipinski definition) is 6. The molecule has 3 aromatic rings. The van der Waals surface area contributed by atoms with Gasteiger partial charge < -0.3 is 19.4 Å². The monoisotopic (exact) mass is 285 g/mol. The van der Waals surface area contributed by atoms with Crippen molar-refractivity contribution in [3.63, 3.8) is 0 Å². The fourth-order valence-electron chi connectivity index (χ4n) is 2.64. The van der Waals surface area contributed by atoms with Crippen LogP contribution in [-0.4, -0.2) is 23.4 Å². The van der Waals surface area contributed by atoms with E-state index in [1.54, 1.807) is 6.26 Å². The lowest BCUT2D eigenvalue weighted by molar-refractivity contribution is 0.0400. The summed E-state index contributed by atoms with van der Waals surface area (Å²) < 4.78 is 16.2. The first-order valence-electron chi connectivity index (χ1n) is 6.94. The number of nitrogens with two attached hydrogens (primary N) is 1. The Hall–Kier alpha value is -2.18. The molecule has 0 radical (unpaired) electrons. The maximum absolute atomic E-state index is 6.36. The Labute approximate surface area is 120 Å². The van der Waals surface area contributed by atoms with Gasteiger partial charge in [0.25, 0.3) is 0 Å². The Balaban J connectivity index is 1.74. The molecule has 0 amide bonds. The topological polar surface area (TPSA) is 87.3 Å². The summed E-state index contributed by atoms with van der Waals surface area (Å²) in [7, 11) is 0. The van der Waals surface area contributed by atoms with Crippen LogP contribution in [0.3, 0.4) is 0 Å². The fourth-order valence-corrected chi connectivity index (χ4v) is 2.64. The minimum absolute atomic E-state index is 0.464. The molecular formula is C15H15N3O3. The number of para-hydroxylation sites is 1. The zero-order valence-corrected chi connectivity index (χ0v) is 11.4. The lowest BCUT2D eigenvalue weighted by Crippen LogP contribution is -2.42. The molecule has 1 saturated heterocycles. The van der Waals surface area contributed by atoms with Crippen LogP contribution in [0.2, 0.25) is 0 Å². The van der Waals surface area contributed by atoms with E-state index in [2.05, 4.69) is 10.1 Å². The van der Waals surface area contributed by atoms with Crippen LogP contribution in [0.4, 0.5) is 0 Å². The third kappa shape index (κ3) is 2.03. The number of benzene rings is 1. The first-order valence-corrected chi connectivity index (χ1v) is 6.94. The van der Waals surface area contributed by atoms with Crippen molar-refractivity contribution in [3.8, 4) is 11.4 Å². The summed E-state index contributed by atoms with van der Waals surface area (Å²) in [4.78, 5) is 4.48. The number of furan rings is 1. The number of nitrogens with zero attached hydrogens (tertiary/aromatic N) is 2. The van der Waals surface area contributed by atoms with E-state index in [1.807, 2.05) is 24.3 Å². The lowest BCUT2D eigenvalue weighted by Gasteiger charge is -2.29. The standard InChI is InChI=1S/C15H15N3O3/c16-15(5-7-19-8-6-15)14-17-13(18-21-14)11-9-20-12-4-2-1-3-10(11)12/h1-4,9H,5-8,16H2. The van der Waals surface area contributed by atoms with Gasteiger partial charge in [-0.25, -0.2) is 0 Å². The summed E-state index contributed by atoms with van der Waals surface area (Å²) >= 11 is 0. The number of rotatable bonds is 2. The average Bonchev–Trinajstić information content (AvgIpc) is 3.15. The molecule has 3 heterocycles. The van der Waals surface area contributed by atoms with Gasteiger partial charge in [0.15, 0.2) is 0 Å². The Kier molecular flexibility index (Phi) is 2.80. The summed E-state index contributed by atoms with van der Waals surface area (Å²) in [5, 5.41) is 5.02. The molecular weight excluding hydrogens is 270 g/mol. The van der Waals surface area contributed by atoms with Crippen molar-refractivity contribution in [1.29, 1.82) is 0 Å². The van der Waals surface area contributed by atoms with Gasteiger partial charge in [-0.15, -0.1) is 0 Å². The normalized spacial score (nSPS) is 18.1. The van der Waals surface area contributed by atoms with Gasteiger partial charge in [0.05, 0.1) is 5.56 Å². The fraction of sp³-hybridized carbons (Fsp3) is 0.333. The molecule has 0 spiro atoms. The lowest BCUT2D eigenvalue weighted by atomic mass is 9.91. The number of ether oxygens (including phenoxy) is 1. The summed E-state index contributed by atoms with van der Waals surface area (Å²) in [6.45, 7) is 1.23. The molecule has 4 rings (SSSR count). The zero-order chi connectivity index (χ0) is 14.3. The summed E-state index contributed by atoms with van der Waals surface area (Å²) in [6.07, 6.45) is 3.01. The van der Waals surface area contributed by atoms with Gasteiger partial charge in [-0.3, -0.25) is 0 Å². The van der Waals surface area contributed by atoms with Crippen molar-refractivity contribution in [1.82, 2.24) is 10.1 Å². The Morgan fingerprint density at radius 1 is 1.14 bits per heavy atom. The van der Waals surface area contributed by atoms with E-state index in [9.17, 15) is 0 Å². The van der Waals surface area contributed by atoms with Gasteiger partial charge in [0.2, 0.25) is 11.7 Å². The first kappa shape index (κ1) is 12.6. The molecule has 0 aliphatic carbocycles. The number of hydrogen-bond donors (Lipinski definition) is 1. The summed E-state index contributed by atoms with van der Waals surface area (Å²) in [6, 6.07) is 7.75. The highest BCUT2D eigenvalue weighted by Gasteiger charge is 2.36. The summed E-state index contributed by atoms with van der Waals surface area (Å²) in [5.41, 5.74) is 7.38. The van der Waals surface area contributed by atoms with Crippen LogP contribution < -0.4 is 5.73 Å².